The third kappa shape index (κ3) is 4.28. The summed E-state index contributed by atoms with van der Waals surface area (Å²) in [7, 11) is 0. The van der Waals surface area contributed by atoms with Gasteiger partial charge in [-0.15, -0.1) is 0 Å². The van der Waals surface area contributed by atoms with E-state index in [-0.39, 0.29) is 5.92 Å². The highest BCUT2D eigenvalue weighted by molar-refractivity contribution is 9.10. The lowest BCUT2D eigenvalue weighted by molar-refractivity contribution is 0.291. The van der Waals surface area contributed by atoms with Crippen molar-refractivity contribution in [3.8, 4) is 5.88 Å². The maximum atomic E-state index is 5.72. The van der Waals surface area contributed by atoms with Crippen LogP contribution in [-0.4, -0.2) is 9.97 Å². The predicted octanol–water partition coefficient (Wildman–Crippen LogP) is 4.70. The quantitative estimate of drug-likeness (QED) is 0.715. The summed E-state index contributed by atoms with van der Waals surface area (Å²) in [6, 6.07) is 9.80. The van der Waals surface area contributed by atoms with E-state index in [1.165, 1.54) is 0 Å². The maximum absolute atomic E-state index is 5.72. The number of benzene rings is 1. The highest BCUT2D eigenvalue weighted by atomic mass is 79.9. The summed E-state index contributed by atoms with van der Waals surface area (Å²) < 4.78 is 7.50. The summed E-state index contributed by atoms with van der Waals surface area (Å²) >= 11 is 6.82. The van der Waals surface area contributed by atoms with Crippen molar-refractivity contribution in [2.45, 2.75) is 26.4 Å². The van der Waals surface area contributed by atoms with Crippen molar-refractivity contribution >= 4 is 31.9 Å². The van der Waals surface area contributed by atoms with E-state index >= 15 is 0 Å². The Morgan fingerprint density at radius 2 is 1.95 bits per heavy atom. The monoisotopic (exact) mass is 384 g/mol. The molecule has 0 amide bonds. The first-order chi connectivity index (χ1) is 9.04. The standard InChI is InChI=1S/C14H14Br2N2O/c1-9(2)14-17-12(16)7-13(18-14)19-8-10-4-3-5-11(15)6-10/h3-7,9H,8H2,1-2H3. The molecule has 1 aromatic carbocycles. The Kier molecular flexibility index (Phi) is 4.93. The van der Waals surface area contributed by atoms with Crippen molar-refractivity contribution in [2.75, 3.05) is 0 Å². The van der Waals surface area contributed by atoms with Crippen LogP contribution in [0.2, 0.25) is 0 Å². The largest absolute Gasteiger partial charge is 0.473 e. The van der Waals surface area contributed by atoms with Gasteiger partial charge in [0.1, 0.15) is 17.0 Å². The van der Waals surface area contributed by atoms with Gasteiger partial charge in [-0.2, -0.15) is 4.98 Å². The van der Waals surface area contributed by atoms with E-state index < -0.39 is 0 Å². The summed E-state index contributed by atoms with van der Waals surface area (Å²) in [5.74, 6) is 1.63. The SMILES string of the molecule is CC(C)c1nc(Br)cc(OCc2cccc(Br)c2)n1. The Hall–Kier alpha value is -0.940. The summed E-state index contributed by atoms with van der Waals surface area (Å²) in [6.07, 6.45) is 0. The fraction of sp³-hybridized carbons (Fsp3) is 0.286. The van der Waals surface area contributed by atoms with Gasteiger partial charge in [-0.1, -0.05) is 41.9 Å². The smallest absolute Gasteiger partial charge is 0.218 e. The van der Waals surface area contributed by atoms with E-state index in [1.54, 1.807) is 6.07 Å². The molecule has 0 aliphatic carbocycles. The minimum atomic E-state index is 0.269. The van der Waals surface area contributed by atoms with Crippen LogP contribution in [0.5, 0.6) is 5.88 Å². The Balaban J connectivity index is 2.11. The zero-order valence-electron chi connectivity index (χ0n) is 10.7. The lowest BCUT2D eigenvalue weighted by Gasteiger charge is -2.09. The number of ether oxygens (including phenoxy) is 1. The predicted molar refractivity (Wildman–Crippen MR) is 82.3 cm³/mol. The molecular weight excluding hydrogens is 372 g/mol. The number of rotatable bonds is 4. The van der Waals surface area contributed by atoms with Crippen LogP contribution in [0.4, 0.5) is 0 Å². The van der Waals surface area contributed by atoms with Gasteiger partial charge in [0.25, 0.3) is 0 Å². The van der Waals surface area contributed by atoms with Crippen molar-refractivity contribution in [3.63, 3.8) is 0 Å². The average molecular weight is 386 g/mol. The first-order valence-electron chi connectivity index (χ1n) is 5.96. The molecule has 0 fully saturated rings. The number of hydrogen-bond acceptors (Lipinski definition) is 3. The molecule has 1 aromatic heterocycles. The van der Waals surface area contributed by atoms with Crippen molar-refractivity contribution < 1.29 is 4.74 Å². The molecule has 5 heteroatoms. The van der Waals surface area contributed by atoms with E-state index in [0.717, 1.165) is 20.5 Å². The van der Waals surface area contributed by atoms with Crippen LogP contribution in [0.15, 0.2) is 39.4 Å². The van der Waals surface area contributed by atoms with Gasteiger partial charge < -0.3 is 4.74 Å². The second kappa shape index (κ2) is 6.48. The molecule has 0 atom stereocenters. The third-order valence-electron chi connectivity index (χ3n) is 2.48. The second-order valence-electron chi connectivity index (χ2n) is 4.46. The molecule has 1 heterocycles. The highest BCUT2D eigenvalue weighted by Crippen LogP contribution is 2.20. The Labute approximate surface area is 129 Å². The fourth-order valence-corrected chi connectivity index (χ4v) is 2.35. The zero-order chi connectivity index (χ0) is 13.8. The second-order valence-corrected chi connectivity index (χ2v) is 6.19. The van der Waals surface area contributed by atoms with E-state index in [1.807, 2.05) is 24.3 Å². The molecule has 0 bridgehead atoms. The van der Waals surface area contributed by atoms with Crippen LogP contribution >= 0.6 is 31.9 Å². The summed E-state index contributed by atoms with van der Waals surface area (Å²) in [4.78, 5) is 8.72. The molecule has 0 radical (unpaired) electrons. The molecule has 0 unspecified atom stereocenters. The van der Waals surface area contributed by atoms with Gasteiger partial charge in [-0.25, -0.2) is 4.98 Å². The van der Waals surface area contributed by atoms with Gasteiger partial charge in [0, 0.05) is 16.5 Å². The highest BCUT2D eigenvalue weighted by Gasteiger charge is 2.07. The molecular formula is C14H14Br2N2O. The van der Waals surface area contributed by atoms with E-state index in [0.29, 0.717) is 12.5 Å². The van der Waals surface area contributed by atoms with Gasteiger partial charge >= 0.3 is 0 Å². The molecule has 100 valence electrons. The molecule has 0 aliphatic rings. The van der Waals surface area contributed by atoms with Gasteiger partial charge in [-0.3, -0.25) is 0 Å². The Morgan fingerprint density at radius 3 is 2.63 bits per heavy atom. The van der Waals surface area contributed by atoms with Crippen molar-refractivity contribution in [1.29, 1.82) is 0 Å². The third-order valence-corrected chi connectivity index (χ3v) is 3.38. The summed E-state index contributed by atoms with van der Waals surface area (Å²) in [5.41, 5.74) is 1.09. The van der Waals surface area contributed by atoms with Crippen LogP contribution < -0.4 is 4.74 Å². The Morgan fingerprint density at radius 1 is 1.16 bits per heavy atom. The van der Waals surface area contributed by atoms with E-state index in [4.69, 9.17) is 4.74 Å². The topological polar surface area (TPSA) is 35.0 Å². The molecule has 0 saturated carbocycles. The molecule has 2 aromatic rings. The number of nitrogens with zero attached hydrogens (tertiary/aromatic N) is 2. The van der Waals surface area contributed by atoms with Gasteiger partial charge in [-0.05, 0) is 33.6 Å². The molecule has 19 heavy (non-hydrogen) atoms. The first-order valence-corrected chi connectivity index (χ1v) is 7.55. The van der Waals surface area contributed by atoms with Crippen LogP contribution in [0.1, 0.15) is 31.2 Å². The normalized spacial score (nSPS) is 10.8. The van der Waals surface area contributed by atoms with Crippen molar-refractivity contribution in [2.24, 2.45) is 0 Å². The van der Waals surface area contributed by atoms with Crippen LogP contribution in [0.3, 0.4) is 0 Å². The van der Waals surface area contributed by atoms with E-state index in [2.05, 4.69) is 55.7 Å². The molecule has 0 saturated heterocycles. The van der Waals surface area contributed by atoms with Gasteiger partial charge in [0.15, 0.2) is 0 Å². The molecule has 0 aliphatic heterocycles. The maximum Gasteiger partial charge on any atom is 0.218 e. The lowest BCUT2D eigenvalue weighted by atomic mass is 10.2. The fourth-order valence-electron chi connectivity index (χ4n) is 1.53. The van der Waals surface area contributed by atoms with Crippen molar-refractivity contribution in [3.05, 3.63) is 50.8 Å². The van der Waals surface area contributed by atoms with Crippen molar-refractivity contribution in [1.82, 2.24) is 9.97 Å². The lowest BCUT2D eigenvalue weighted by Crippen LogP contribution is -2.03. The molecule has 0 N–H and O–H groups in total. The number of hydrogen-bond donors (Lipinski definition) is 0. The summed E-state index contributed by atoms with van der Waals surface area (Å²) in [5, 5.41) is 0. The van der Waals surface area contributed by atoms with Gasteiger partial charge in [0.05, 0.1) is 0 Å². The summed E-state index contributed by atoms with van der Waals surface area (Å²) in [6.45, 7) is 4.60. The molecule has 0 spiro atoms. The minimum Gasteiger partial charge on any atom is -0.473 e. The van der Waals surface area contributed by atoms with Crippen LogP contribution in [-0.2, 0) is 6.61 Å². The Bertz CT molecular complexity index is 573. The van der Waals surface area contributed by atoms with Gasteiger partial charge in [0.2, 0.25) is 5.88 Å². The molecule has 3 nitrogen and oxygen atoms in total. The zero-order valence-corrected chi connectivity index (χ0v) is 13.9. The van der Waals surface area contributed by atoms with E-state index in [9.17, 15) is 0 Å². The average Bonchev–Trinajstić information content (AvgIpc) is 2.36. The molecule has 2 rings (SSSR count). The number of halogens is 2. The van der Waals surface area contributed by atoms with Crippen LogP contribution in [0.25, 0.3) is 0 Å². The number of aromatic nitrogens is 2. The minimum absolute atomic E-state index is 0.269. The van der Waals surface area contributed by atoms with Crippen LogP contribution in [0, 0.1) is 0 Å². The first kappa shape index (κ1) is 14.5.